The molecule has 2 rings (SSSR count). The zero-order valence-corrected chi connectivity index (χ0v) is 12.7. The van der Waals surface area contributed by atoms with Crippen LogP contribution in [-0.4, -0.2) is 30.6 Å². The summed E-state index contributed by atoms with van der Waals surface area (Å²) in [5, 5.41) is 0. The van der Waals surface area contributed by atoms with Crippen LogP contribution in [0.5, 0.6) is 5.75 Å². The molecule has 1 atom stereocenters. The van der Waals surface area contributed by atoms with Gasteiger partial charge in [0.2, 0.25) is 0 Å². The Morgan fingerprint density at radius 3 is 2.78 bits per heavy atom. The molecule has 1 aliphatic heterocycles. The van der Waals surface area contributed by atoms with Crippen LogP contribution in [0.1, 0.15) is 32.6 Å². The Morgan fingerprint density at radius 2 is 2.06 bits per heavy atom. The minimum Gasteiger partial charge on any atom is -0.492 e. The van der Waals surface area contributed by atoms with E-state index in [1.54, 1.807) is 0 Å². The van der Waals surface area contributed by atoms with Crippen LogP contribution in [0.4, 0.5) is 0 Å². The van der Waals surface area contributed by atoms with Gasteiger partial charge in [-0.1, -0.05) is 29.3 Å². The third-order valence-corrected chi connectivity index (χ3v) is 4.21. The average Bonchev–Trinajstić information content (AvgIpc) is 2.41. The molecule has 3 heteroatoms. The number of hydrogen-bond acceptors (Lipinski definition) is 2. The lowest BCUT2D eigenvalue weighted by atomic mass is 10.0. The van der Waals surface area contributed by atoms with Crippen LogP contribution in [-0.2, 0) is 0 Å². The summed E-state index contributed by atoms with van der Waals surface area (Å²) < 4.78 is 6.89. The maximum atomic E-state index is 5.79. The predicted octanol–water partition coefficient (Wildman–Crippen LogP) is 4.09. The van der Waals surface area contributed by atoms with Gasteiger partial charge >= 0.3 is 0 Å². The van der Waals surface area contributed by atoms with Crippen molar-refractivity contribution in [3.63, 3.8) is 0 Å². The molecular weight excluding hydrogens is 290 g/mol. The minimum atomic E-state index is 0.771. The van der Waals surface area contributed by atoms with E-state index >= 15 is 0 Å². The molecule has 1 aromatic rings. The number of halogens is 1. The Hall–Kier alpha value is -0.540. The van der Waals surface area contributed by atoms with Crippen LogP contribution in [0.25, 0.3) is 0 Å². The van der Waals surface area contributed by atoms with Gasteiger partial charge in [0, 0.05) is 17.1 Å². The highest BCUT2D eigenvalue weighted by atomic mass is 79.9. The van der Waals surface area contributed by atoms with Gasteiger partial charge in [0.25, 0.3) is 0 Å². The maximum absolute atomic E-state index is 5.79. The smallest absolute Gasteiger partial charge is 0.119 e. The monoisotopic (exact) mass is 311 g/mol. The second-order valence-corrected chi connectivity index (χ2v) is 5.81. The second-order valence-electron chi connectivity index (χ2n) is 4.90. The van der Waals surface area contributed by atoms with Gasteiger partial charge < -0.3 is 4.74 Å². The lowest BCUT2D eigenvalue weighted by Crippen LogP contribution is -2.41. The van der Waals surface area contributed by atoms with Gasteiger partial charge in [0.1, 0.15) is 12.4 Å². The summed E-state index contributed by atoms with van der Waals surface area (Å²) in [6.45, 7) is 5.37. The van der Waals surface area contributed by atoms with Crippen molar-refractivity contribution in [1.29, 1.82) is 0 Å². The summed E-state index contributed by atoms with van der Waals surface area (Å²) in [5.41, 5.74) is 0. The average molecular weight is 312 g/mol. The summed E-state index contributed by atoms with van der Waals surface area (Å²) in [6, 6.07) is 8.83. The number of ether oxygens (including phenoxy) is 1. The number of nitrogens with zero attached hydrogens (tertiary/aromatic N) is 1. The number of piperidine rings is 1. The van der Waals surface area contributed by atoms with Gasteiger partial charge in [-0.25, -0.2) is 0 Å². The van der Waals surface area contributed by atoms with Gasteiger partial charge in [0.05, 0.1) is 0 Å². The highest BCUT2D eigenvalue weighted by Crippen LogP contribution is 2.19. The van der Waals surface area contributed by atoms with E-state index in [0.717, 1.165) is 29.4 Å². The molecular formula is C15H22BrNO. The molecule has 1 saturated heterocycles. The Labute approximate surface area is 118 Å². The summed E-state index contributed by atoms with van der Waals surface area (Å²) in [4.78, 5) is 2.59. The van der Waals surface area contributed by atoms with Crippen molar-refractivity contribution in [1.82, 2.24) is 4.90 Å². The Balaban J connectivity index is 1.75. The molecule has 1 fully saturated rings. The first-order valence-corrected chi connectivity index (χ1v) is 7.71. The largest absolute Gasteiger partial charge is 0.492 e. The van der Waals surface area contributed by atoms with Crippen LogP contribution < -0.4 is 4.74 Å². The summed E-state index contributed by atoms with van der Waals surface area (Å²) in [7, 11) is 0. The van der Waals surface area contributed by atoms with Gasteiger partial charge in [-0.3, -0.25) is 4.90 Å². The zero-order chi connectivity index (χ0) is 12.8. The molecule has 0 spiro atoms. The van der Waals surface area contributed by atoms with Crippen molar-refractivity contribution in [2.24, 2.45) is 0 Å². The van der Waals surface area contributed by atoms with Gasteiger partial charge in [-0.05, 0) is 50.1 Å². The normalized spacial score (nSPS) is 20.9. The molecule has 0 bridgehead atoms. The first kappa shape index (κ1) is 13.9. The van der Waals surface area contributed by atoms with Crippen molar-refractivity contribution >= 4 is 15.9 Å². The van der Waals surface area contributed by atoms with Crippen molar-refractivity contribution in [3.8, 4) is 5.75 Å². The van der Waals surface area contributed by atoms with E-state index in [1.807, 2.05) is 24.3 Å². The van der Waals surface area contributed by atoms with E-state index in [4.69, 9.17) is 4.74 Å². The predicted molar refractivity (Wildman–Crippen MR) is 79.1 cm³/mol. The van der Waals surface area contributed by atoms with Crippen LogP contribution in [0, 0.1) is 0 Å². The molecule has 1 unspecified atom stereocenters. The first-order chi connectivity index (χ1) is 8.79. The fraction of sp³-hybridized carbons (Fsp3) is 0.600. The molecule has 1 heterocycles. The number of hydrogen-bond donors (Lipinski definition) is 0. The van der Waals surface area contributed by atoms with Gasteiger partial charge in [0.15, 0.2) is 0 Å². The van der Waals surface area contributed by atoms with E-state index in [9.17, 15) is 0 Å². The number of rotatable bonds is 5. The summed E-state index contributed by atoms with van der Waals surface area (Å²) in [5.74, 6) is 0.961. The Bertz CT molecular complexity index is 352. The van der Waals surface area contributed by atoms with E-state index in [1.165, 1.54) is 32.2 Å². The highest BCUT2D eigenvalue weighted by Gasteiger charge is 2.19. The molecule has 0 amide bonds. The fourth-order valence-electron chi connectivity index (χ4n) is 2.63. The molecule has 0 saturated carbocycles. The molecule has 0 N–H and O–H groups in total. The molecule has 100 valence electrons. The topological polar surface area (TPSA) is 12.5 Å². The van der Waals surface area contributed by atoms with E-state index in [0.29, 0.717) is 0 Å². The van der Waals surface area contributed by atoms with Crippen LogP contribution >= 0.6 is 15.9 Å². The Kier molecular flexibility index (Phi) is 5.51. The van der Waals surface area contributed by atoms with E-state index in [-0.39, 0.29) is 0 Å². The minimum absolute atomic E-state index is 0.771. The van der Waals surface area contributed by atoms with Crippen molar-refractivity contribution < 1.29 is 4.74 Å². The van der Waals surface area contributed by atoms with Gasteiger partial charge in [-0.15, -0.1) is 0 Å². The van der Waals surface area contributed by atoms with Crippen molar-refractivity contribution in [2.75, 3.05) is 19.7 Å². The zero-order valence-electron chi connectivity index (χ0n) is 11.1. The fourth-order valence-corrected chi connectivity index (χ4v) is 2.89. The molecule has 1 aromatic carbocycles. The number of benzene rings is 1. The lowest BCUT2D eigenvalue weighted by molar-refractivity contribution is 0.120. The summed E-state index contributed by atoms with van der Waals surface area (Å²) in [6.07, 6.45) is 5.35. The molecule has 1 aliphatic rings. The highest BCUT2D eigenvalue weighted by molar-refractivity contribution is 9.10. The second kappa shape index (κ2) is 7.15. The molecule has 0 radical (unpaired) electrons. The van der Waals surface area contributed by atoms with Crippen LogP contribution in [0.15, 0.2) is 28.7 Å². The standard InChI is InChI=1S/C15H22BrNO/c1-2-14-5-3-4-10-17(14)11-12-18-15-8-6-13(16)7-9-15/h6-9,14H,2-5,10-12H2,1H3. The van der Waals surface area contributed by atoms with E-state index < -0.39 is 0 Å². The first-order valence-electron chi connectivity index (χ1n) is 6.92. The molecule has 0 aromatic heterocycles. The Morgan fingerprint density at radius 1 is 1.28 bits per heavy atom. The lowest BCUT2D eigenvalue weighted by Gasteiger charge is -2.34. The SMILES string of the molecule is CCC1CCCCN1CCOc1ccc(Br)cc1. The third-order valence-electron chi connectivity index (χ3n) is 3.68. The molecule has 2 nitrogen and oxygen atoms in total. The third kappa shape index (κ3) is 3.99. The maximum Gasteiger partial charge on any atom is 0.119 e. The number of likely N-dealkylation sites (tertiary alicyclic amines) is 1. The van der Waals surface area contributed by atoms with Crippen LogP contribution in [0.2, 0.25) is 0 Å². The van der Waals surface area contributed by atoms with Crippen molar-refractivity contribution in [3.05, 3.63) is 28.7 Å². The van der Waals surface area contributed by atoms with Gasteiger partial charge in [-0.2, -0.15) is 0 Å². The van der Waals surface area contributed by atoms with E-state index in [2.05, 4.69) is 27.8 Å². The van der Waals surface area contributed by atoms with Crippen LogP contribution in [0.3, 0.4) is 0 Å². The molecule has 0 aliphatic carbocycles. The molecule has 18 heavy (non-hydrogen) atoms. The van der Waals surface area contributed by atoms with Crippen molar-refractivity contribution in [2.45, 2.75) is 38.6 Å². The quantitative estimate of drug-likeness (QED) is 0.812. The summed E-state index contributed by atoms with van der Waals surface area (Å²) >= 11 is 3.43.